The van der Waals surface area contributed by atoms with Crippen molar-refractivity contribution in [3.05, 3.63) is 34.9 Å². The molecule has 100 valence electrons. The van der Waals surface area contributed by atoms with Crippen LogP contribution in [0.4, 0.5) is 0 Å². The first kappa shape index (κ1) is 13.9. The number of benzene rings is 1. The molecule has 0 spiro atoms. The fraction of sp³-hybridized carbons (Fsp3) is 0.625. The van der Waals surface area contributed by atoms with Gasteiger partial charge in [0.1, 0.15) is 0 Å². The molecular formula is C16H23ClO. The van der Waals surface area contributed by atoms with E-state index in [1.807, 2.05) is 18.2 Å². The fourth-order valence-electron chi connectivity index (χ4n) is 2.92. The van der Waals surface area contributed by atoms with Crippen molar-refractivity contribution in [2.75, 3.05) is 0 Å². The lowest BCUT2D eigenvalue weighted by atomic mass is 9.83. The lowest BCUT2D eigenvalue weighted by Crippen LogP contribution is -2.31. The van der Waals surface area contributed by atoms with Crippen LogP contribution >= 0.6 is 11.6 Å². The molecule has 1 aliphatic rings. The van der Waals surface area contributed by atoms with Crippen LogP contribution in [0.1, 0.15) is 51.5 Å². The molecule has 1 atom stereocenters. The molecular weight excluding hydrogens is 244 g/mol. The number of hydrogen-bond donors (Lipinski definition) is 1. The minimum Gasteiger partial charge on any atom is -0.390 e. The van der Waals surface area contributed by atoms with Gasteiger partial charge in [-0.15, -0.1) is 0 Å². The van der Waals surface area contributed by atoms with Gasteiger partial charge in [-0.2, -0.15) is 0 Å². The van der Waals surface area contributed by atoms with Crippen LogP contribution in [0.3, 0.4) is 0 Å². The van der Waals surface area contributed by atoms with E-state index in [1.54, 1.807) is 0 Å². The average molecular weight is 267 g/mol. The summed E-state index contributed by atoms with van der Waals surface area (Å²) in [5.74, 6) is 0. The normalized spacial score (nSPS) is 27.8. The Kier molecular flexibility index (Phi) is 4.03. The van der Waals surface area contributed by atoms with Gasteiger partial charge < -0.3 is 5.11 Å². The predicted molar refractivity (Wildman–Crippen MR) is 77.0 cm³/mol. The zero-order valence-corrected chi connectivity index (χ0v) is 12.1. The van der Waals surface area contributed by atoms with Crippen molar-refractivity contribution in [2.45, 2.75) is 58.0 Å². The van der Waals surface area contributed by atoms with Crippen molar-refractivity contribution in [3.8, 4) is 0 Å². The van der Waals surface area contributed by atoms with Crippen LogP contribution < -0.4 is 0 Å². The molecule has 1 aromatic carbocycles. The van der Waals surface area contributed by atoms with Crippen LogP contribution in [-0.4, -0.2) is 10.7 Å². The summed E-state index contributed by atoms with van der Waals surface area (Å²) in [6, 6.07) is 7.86. The van der Waals surface area contributed by atoms with E-state index in [4.69, 9.17) is 11.6 Å². The van der Waals surface area contributed by atoms with Gasteiger partial charge in [-0.05, 0) is 48.8 Å². The quantitative estimate of drug-likeness (QED) is 0.776. The maximum Gasteiger partial charge on any atom is 0.0688 e. The Labute approximate surface area is 115 Å². The molecule has 0 bridgehead atoms. The summed E-state index contributed by atoms with van der Waals surface area (Å²) in [6.07, 6.45) is 5.96. The molecule has 0 saturated heterocycles. The minimum atomic E-state index is -0.543. The number of hydrogen-bond acceptors (Lipinski definition) is 1. The van der Waals surface area contributed by atoms with E-state index in [-0.39, 0.29) is 0 Å². The molecule has 18 heavy (non-hydrogen) atoms. The molecule has 0 radical (unpaired) electrons. The summed E-state index contributed by atoms with van der Waals surface area (Å²) < 4.78 is 0. The number of halogens is 1. The maximum absolute atomic E-state index is 10.8. The van der Waals surface area contributed by atoms with Gasteiger partial charge in [-0.25, -0.2) is 0 Å². The second-order valence-electron chi connectivity index (χ2n) is 6.55. The monoisotopic (exact) mass is 266 g/mol. The van der Waals surface area contributed by atoms with Gasteiger partial charge in [0.05, 0.1) is 5.60 Å². The summed E-state index contributed by atoms with van der Waals surface area (Å²) in [4.78, 5) is 0. The van der Waals surface area contributed by atoms with Gasteiger partial charge in [0.25, 0.3) is 0 Å². The topological polar surface area (TPSA) is 20.2 Å². The molecule has 1 unspecified atom stereocenters. The van der Waals surface area contributed by atoms with Gasteiger partial charge >= 0.3 is 0 Å². The van der Waals surface area contributed by atoms with Gasteiger partial charge in [0.2, 0.25) is 0 Å². The summed E-state index contributed by atoms with van der Waals surface area (Å²) in [6.45, 7) is 4.61. The van der Waals surface area contributed by atoms with Crippen LogP contribution in [0.2, 0.25) is 5.02 Å². The fourth-order valence-corrected chi connectivity index (χ4v) is 3.13. The van der Waals surface area contributed by atoms with Crippen LogP contribution in [0.15, 0.2) is 24.3 Å². The third-order valence-electron chi connectivity index (χ3n) is 4.19. The van der Waals surface area contributed by atoms with E-state index >= 15 is 0 Å². The molecule has 0 aromatic heterocycles. The first-order valence-electron chi connectivity index (χ1n) is 6.86. The average Bonchev–Trinajstić information content (AvgIpc) is 2.38. The molecule has 1 aromatic rings. The third-order valence-corrected chi connectivity index (χ3v) is 4.42. The Morgan fingerprint density at radius 3 is 2.67 bits per heavy atom. The van der Waals surface area contributed by atoms with E-state index < -0.39 is 5.60 Å². The number of aliphatic hydroxyl groups is 1. The molecule has 1 nitrogen and oxygen atoms in total. The maximum atomic E-state index is 10.8. The SMILES string of the molecule is CC1(C)CCCC(O)(Cc2cccc(Cl)c2)CC1. The van der Waals surface area contributed by atoms with Gasteiger partial charge in [0.15, 0.2) is 0 Å². The molecule has 1 saturated carbocycles. The molecule has 2 heteroatoms. The van der Waals surface area contributed by atoms with Crippen molar-refractivity contribution in [1.82, 2.24) is 0 Å². The van der Waals surface area contributed by atoms with Gasteiger partial charge in [-0.1, -0.05) is 44.0 Å². The van der Waals surface area contributed by atoms with Crippen molar-refractivity contribution >= 4 is 11.6 Å². The molecule has 1 aliphatic carbocycles. The molecule has 0 heterocycles. The Hall–Kier alpha value is -0.530. The van der Waals surface area contributed by atoms with E-state index in [0.29, 0.717) is 5.41 Å². The second-order valence-corrected chi connectivity index (χ2v) is 6.99. The summed E-state index contributed by atoms with van der Waals surface area (Å²) >= 11 is 6.00. The Bertz CT molecular complexity index is 413. The van der Waals surface area contributed by atoms with Crippen LogP contribution in [0.25, 0.3) is 0 Å². The predicted octanol–water partition coefficient (Wildman–Crippen LogP) is 4.60. The highest BCUT2D eigenvalue weighted by Crippen LogP contribution is 2.39. The number of rotatable bonds is 2. The highest BCUT2D eigenvalue weighted by molar-refractivity contribution is 6.30. The zero-order valence-electron chi connectivity index (χ0n) is 11.4. The van der Waals surface area contributed by atoms with Crippen molar-refractivity contribution in [3.63, 3.8) is 0 Å². The first-order valence-corrected chi connectivity index (χ1v) is 7.23. The molecule has 0 aliphatic heterocycles. The van der Waals surface area contributed by atoms with Crippen molar-refractivity contribution in [1.29, 1.82) is 0 Å². The van der Waals surface area contributed by atoms with E-state index in [9.17, 15) is 5.11 Å². The van der Waals surface area contributed by atoms with E-state index in [1.165, 1.54) is 6.42 Å². The van der Waals surface area contributed by atoms with Gasteiger partial charge in [0, 0.05) is 11.4 Å². The third kappa shape index (κ3) is 3.73. The van der Waals surface area contributed by atoms with E-state index in [2.05, 4.69) is 19.9 Å². The van der Waals surface area contributed by atoms with Crippen molar-refractivity contribution < 1.29 is 5.11 Å². The Morgan fingerprint density at radius 1 is 1.17 bits per heavy atom. The van der Waals surface area contributed by atoms with Gasteiger partial charge in [-0.3, -0.25) is 0 Å². The smallest absolute Gasteiger partial charge is 0.0688 e. The highest BCUT2D eigenvalue weighted by atomic mass is 35.5. The van der Waals surface area contributed by atoms with Crippen LogP contribution in [0, 0.1) is 5.41 Å². The first-order chi connectivity index (χ1) is 8.39. The lowest BCUT2D eigenvalue weighted by Gasteiger charge is -2.28. The molecule has 2 rings (SSSR count). The Morgan fingerprint density at radius 2 is 1.94 bits per heavy atom. The zero-order chi connectivity index (χ0) is 13.2. The van der Waals surface area contributed by atoms with Crippen LogP contribution in [0.5, 0.6) is 0 Å². The molecule has 1 fully saturated rings. The lowest BCUT2D eigenvalue weighted by molar-refractivity contribution is 0.0226. The largest absolute Gasteiger partial charge is 0.390 e. The van der Waals surface area contributed by atoms with Crippen molar-refractivity contribution in [2.24, 2.45) is 5.41 Å². The van der Waals surface area contributed by atoms with Crippen LogP contribution in [-0.2, 0) is 6.42 Å². The Balaban J connectivity index is 2.07. The molecule has 0 amide bonds. The summed E-state index contributed by atoms with van der Waals surface area (Å²) in [5, 5.41) is 11.5. The summed E-state index contributed by atoms with van der Waals surface area (Å²) in [7, 11) is 0. The standard InChI is InChI=1S/C16H23ClO/c1-15(2)7-4-8-16(18,10-9-15)12-13-5-3-6-14(17)11-13/h3,5-6,11,18H,4,7-10,12H2,1-2H3. The molecule has 1 N–H and O–H groups in total. The highest BCUT2D eigenvalue weighted by Gasteiger charge is 2.33. The second kappa shape index (κ2) is 5.22. The minimum absolute atomic E-state index is 0.374. The van der Waals surface area contributed by atoms with E-state index in [0.717, 1.165) is 42.7 Å². The summed E-state index contributed by atoms with van der Waals surface area (Å²) in [5.41, 5.74) is 0.974.